The van der Waals surface area contributed by atoms with Gasteiger partial charge in [-0.25, -0.2) is 9.18 Å². The third kappa shape index (κ3) is 2.97. The minimum absolute atomic E-state index is 0.254. The number of carbonyl (C=O) groups excluding carboxylic acids is 1. The van der Waals surface area contributed by atoms with E-state index in [9.17, 15) is 18.8 Å². The van der Waals surface area contributed by atoms with Crippen LogP contribution in [0, 0.1) is 5.82 Å². The summed E-state index contributed by atoms with van der Waals surface area (Å²) in [7, 11) is 0. The molecule has 0 saturated carbocycles. The van der Waals surface area contributed by atoms with Gasteiger partial charge in [0.15, 0.2) is 0 Å². The first-order valence-corrected chi connectivity index (χ1v) is 5.85. The Kier molecular flexibility index (Phi) is 3.61. The highest BCUT2D eigenvalue weighted by atomic mass is 79.9. The second-order valence-corrected chi connectivity index (χ2v) is 4.42. The van der Waals surface area contributed by atoms with E-state index < -0.39 is 23.0 Å². The number of aromatic amines is 2. The van der Waals surface area contributed by atoms with Crippen molar-refractivity contribution >= 4 is 27.5 Å². The van der Waals surface area contributed by atoms with Gasteiger partial charge < -0.3 is 10.3 Å². The number of aromatic nitrogens is 2. The number of H-pyrrole nitrogens is 2. The molecule has 1 aromatic heterocycles. The van der Waals surface area contributed by atoms with Crippen molar-refractivity contribution < 1.29 is 9.18 Å². The van der Waals surface area contributed by atoms with Gasteiger partial charge in [0.1, 0.15) is 11.4 Å². The Morgan fingerprint density at radius 1 is 1.32 bits per heavy atom. The second-order valence-electron chi connectivity index (χ2n) is 3.56. The predicted molar refractivity (Wildman–Crippen MR) is 69.7 cm³/mol. The van der Waals surface area contributed by atoms with Crippen LogP contribution in [0.15, 0.2) is 38.5 Å². The lowest BCUT2D eigenvalue weighted by atomic mass is 10.2. The van der Waals surface area contributed by atoms with E-state index in [1.165, 1.54) is 12.1 Å². The second kappa shape index (κ2) is 5.19. The van der Waals surface area contributed by atoms with Gasteiger partial charge in [-0.15, -0.1) is 0 Å². The fourth-order valence-electron chi connectivity index (χ4n) is 1.36. The SMILES string of the molecule is O=C(Nc1ccc(F)cc1Br)c1c[nH]c(=O)[nH]c1=O. The fraction of sp³-hybridized carbons (Fsp3) is 0. The lowest BCUT2D eigenvalue weighted by Gasteiger charge is -2.06. The molecule has 98 valence electrons. The maximum Gasteiger partial charge on any atom is 0.325 e. The van der Waals surface area contributed by atoms with Crippen LogP contribution in [0.2, 0.25) is 0 Å². The predicted octanol–water partition coefficient (Wildman–Crippen LogP) is 1.22. The molecule has 1 amide bonds. The number of nitrogens with one attached hydrogen (secondary N) is 3. The van der Waals surface area contributed by atoms with Gasteiger partial charge in [0.2, 0.25) is 0 Å². The standard InChI is InChI=1S/C11H7BrFN3O3/c12-7-3-5(13)1-2-8(7)15-9(17)6-4-14-11(19)16-10(6)18/h1-4H,(H,15,17)(H2,14,16,18,19). The van der Waals surface area contributed by atoms with Crippen molar-refractivity contribution in [1.82, 2.24) is 9.97 Å². The molecule has 0 bridgehead atoms. The zero-order valence-corrected chi connectivity index (χ0v) is 10.9. The van der Waals surface area contributed by atoms with Gasteiger partial charge >= 0.3 is 5.69 Å². The summed E-state index contributed by atoms with van der Waals surface area (Å²) in [5.74, 6) is -1.18. The van der Waals surface area contributed by atoms with E-state index in [0.717, 1.165) is 12.3 Å². The third-order valence-electron chi connectivity index (χ3n) is 2.24. The molecular weight excluding hydrogens is 321 g/mol. The number of halogens is 2. The highest BCUT2D eigenvalue weighted by molar-refractivity contribution is 9.10. The van der Waals surface area contributed by atoms with E-state index in [1.54, 1.807) is 0 Å². The normalized spacial score (nSPS) is 10.2. The van der Waals surface area contributed by atoms with Crippen LogP contribution in [0.3, 0.4) is 0 Å². The smallest absolute Gasteiger partial charge is 0.321 e. The number of hydrogen-bond acceptors (Lipinski definition) is 3. The lowest BCUT2D eigenvalue weighted by Crippen LogP contribution is -2.29. The maximum absolute atomic E-state index is 12.9. The Morgan fingerprint density at radius 3 is 2.68 bits per heavy atom. The summed E-state index contributed by atoms with van der Waals surface area (Å²) < 4.78 is 13.2. The molecule has 0 aliphatic heterocycles. The largest absolute Gasteiger partial charge is 0.325 e. The van der Waals surface area contributed by atoms with Crippen LogP contribution in [0.1, 0.15) is 10.4 Å². The average molecular weight is 328 g/mol. The Balaban J connectivity index is 2.31. The van der Waals surface area contributed by atoms with Crippen molar-refractivity contribution in [2.45, 2.75) is 0 Å². The molecule has 0 aliphatic carbocycles. The first-order valence-electron chi connectivity index (χ1n) is 5.06. The van der Waals surface area contributed by atoms with E-state index in [0.29, 0.717) is 10.2 Å². The number of hydrogen-bond donors (Lipinski definition) is 3. The monoisotopic (exact) mass is 327 g/mol. The van der Waals surface area contributed by atoms with Crippen molar-refractivity contribution in [1.29, 1.82) is 0 Å². The van der Waals surface area contributed by atoms with Gasteiger partial charge in [-0.1, -0.05) is 0 Å². The van der Waals surface area contributed by atoms with Crippen LogP contribution >= 0.6 is 15.9 Å². The van der Waals surface area contributed by atoms with Crippen LogP contribution in [-0.4, -0.2) is 15.9 Å². The molecule has 8 heteroatoms. The van der Waals surface area contributed by atoms with E-state index in [1.807, 2.05) is 4.98 Å². The molecular formula is C11H7BrFN3O3. The molecule has 0 radical (unpaired) electrons. The molecule has 2 aromatic rings. The van der Waals surface area contributed by atoms with Crippen LogP contribution < -0.4 is 16.6 Å². The highest BCUT2D eigenvalue weighted by Crippen LogP contribution is 2.23. The highest BCUT2D eigenvalue weighted by Gasteiger charge is 2.12. The third-order valence-corrected chi connectivity index (χ3v) is 2.90. The van der Waals surface area contributed by atoms with Crippen LogP contribution in [0.25, 0.3) is 0 Å². The van der Waals surface area contributed by atoms with E-state index >= 15 is 0 Å². The first-order chi connectivity index (χ1) is 8.97. The van der Waals surface area contributed by atoms with Crippen LogP contribution in [-0.2, 0) is 0 Å². The molecule has 3 N–H and O–H groups in total. The number of anilines is 1. The molecule has 6 nitrogen and oxygen atoms in total. The summed E-state index contributed by atoms with van der Waals surface area (Å²) in [5, 5.41) is 2.42. The van der Waals surface area contributed by atoms with Gasteiger partial charge in [0.05, 0.1) is 5.69 Å². The lowest BCUT2D eigenvalue weighted by molar-refractivity contribution is 0.102. The Morgan fingerprint density at radius 2 is 2.05 bits per heavy atom. The molecule has 2 rings (SSSR count). The first kappa shape index (κ1) is 13.2. The number of carbonyl (C=O) groups is 1. The quantitative estimate of drug-likeness (QED) is 0.773. The van der Waals surface area contributed by atoms with Gasteiger partial charge in [-0.3, -0.25) is 14.6 Å². The van der Waals surface area contributed by atoms with E-state index in [4.69, 9.17) is 0 Å². The molecule has 0 unspecified atom stereocenters. The van der Waals surface area contributed by atoms with Crippen molar-refractivity contribution in [3.05, 3.63) is 61.1 Å². The molecule has 1 heterocycles. The Labute approximate surface area is 113 Å². The van der Waals surface area contributed by atoms with Crippen molar-refractivity contribution in [3.63, 3.8) is 0 Å². The molecule has 19 heavy (non-hydrogen) atoms. The van der Waals surface area contributed by atoms with Crippen LogP contribution in [0.4, 0.5) is 10.1 Å². The van der Waals surface area contributed by atoms with Crippen molar-refractivity contribution in [2.75, 3.05) is 5.32 Å². The number of amides is 1. The minimum Gasteiger partial charge on any atom is -0.321 e. The zero-order valence-electron chi connectivity index (χ0n) is 9.29. The van der Waals surface area contributed by atoms with Gasteiger partial charge in [0.25, 0.3) is 11.5 Å². The topological polar surface area (TPSA) is 94.8 Å². The summed E-state index contributed by atoms with van der Waals surface area (Å²) in [6, 6.07) is 3.68. The van der Waals surface area contributed by atoms with Crippen LogP contribution in [0.5, 0.6) is 0 Å². The number of rotatable bonds is 2. The molecule has 0 atom stereocenters. The number of benzene rings is 1. The molecule has 1 aromatic carbocycles. The summed E-state index contributed by atoms with van der Waals surface area (Å²) in [6.45, 7) is 0. The summed E-state index contributed by atoms with van der Waals surface area (Å²) in [6.07, 6.45) is 1.01. The Hall–Kier alpha value is -2.22. The maximum atomic E-state index is 12.9. The van der Waals surface area contributed by atoms with Gasteiger partial charge in [0, 0.05) is 10.7 Å². The summed E-state index contributed by atoms with van der Waals surface area (Å²) >= 11 is 3.08. The summed E-state index contributed by atoms with van der Waals surface area (Å²) in [5.41, 5.74) is -1.46. The van der Waals surface area contributed by atoms with Gasteiger partial charge in [-0.05, 0) is 34.1 Å². The fourth-order valence-corrected chi connectivity index (χ4v) is 1.81. The van der Waals surface area contributed by atoms with Gasteiger partial charge in [-0.2, -0.15) is 0 Å². The van der Waals surface area contributed by atoms with E-state index in [2.05, 4.69) is 26.2 Å². The van der Waals surface area contributed by atoms with Crippen molar-refractivity contribution in [2.24, 2.45) is 0 Å². The molecule has 0 spiro atoms. The minimum atomic E-state index is -0.806. The molecule has 0 saturated heterocycles. The average Bonchev–Trinajstić information content (AvgIpc) is 2.32. The Bertz CT molecular complexity index is 753. The summed E-state index contributed by atoms with van der Waals surface area (Å²) in [4.78, 5) is 38.2. The molecule has 0 aliphatic rings. The molecule has 0 fully saturated rings. The zero-order chi connectivity index (χ0) is 14.0. The van der Waals surface area contributed by atoms with E-state index in [-0.39, 0.29) is 5.56 Å². The van der Waals surface area contributed by atoms with Crippen molar-refractivity contribution in [3.8, 4) is 0 Å².